The van der Waals surface area contributed by atoms with Crippen LogP contribution in [0.5, 0.6) is 0 Å². The number of benzene rings is 1. The predicted octanol–water partition coefficient (Wildman–Crippen LogP) is 3.61. The summed E-state index contributed by atoms with van der Waals surface area (Å²) in [4.78, 5) is 8.58. The Balaban J connectivity index is 0.000000181. The summed E-state index contributed by atoms with van der Waals surface area (Å²) < 4.78 is 1.12. The lowest BCUT2D eigenvalue weighted by atomic mass is 9.93. The van der Waals surface area contributed by atoms with Gasteiger partial charge in [-0.15, -0.1) is 11.8 Å². The number of aliphatic hydroxyl groups is 1. The van der Waals surface area contributed by atoms with Crippen LogP contribution in [0.1, 0.15) is 61.3 Å². The monoisotopic (exact) mass is 423 g/mol. The second-order valence-electron chi connectivity index (χ2n) is 8.08. The molecule has 0 spiro atoms. The van der Waals surface area contributed by atoms with Gasteiger partial charge in [0.05, 0.1) is 9.84 Å². The highest BCUT2D eigenvalue weighted by atomic mass is 32.2. The zero-order valence-electron chi connectivity index (χ0n) is 17.0. The largest absolute Gasteiger partial charge is 0.398 e. The van der Waals surface area contributed by atoms with Crippen LogP contribution < -0.4 is 16.6 Å². The Morgan fingerprint density at radius 2 is 1.96 bits per heavy atom. The van der Waals surface area contributed by atoms with E-state index in [0.29, 0.717) is 0 Å². The zero-order valence-corrected chi connectivity index (χ0v) is 18.7. The Morgan fingerprint density at radius 3 is 2.43 bits per heavy atom. The van der Waals surface area contributed by atoms with Crippen LogP contribution in [0.25, 0.3) is 0 Å². The van der Waals surface area contributed by atoms with Gasteiger partial charge in [-0.2, -0.15) is 0 Å². The van der Waals surface area contributed by atoms with Crippen molar-refractivity contribution in [2.75, 3.05) is 11.5 Å². The van der Waals surface area contributed by atoms with Crippen LogP contribution in [0.2, 0.25) is 0 Å². The van der Waals surface area contributed by atoms with Crippen molar-refractivity contribution in [2.45, 2.75) is 64.4 Å². The fourth-order valence-corrected chi connectivity index (χ4v) is 5.47. The molecular formula is C21H33N3O2S2. The van der Waals surface area contributed by atoms with Gasteiger partial charge in [0.25, 0.3) is 0 Å². The van der Waals surface area contributed by atoms with Crippen molar-refractivity contribution in [3.63, 3.8) is 0 Å². The summed E-state index contributed by atoms with van der Waals surface area (Å²) in [6, 6.07) is 2.44. The van der Waals surface area contributed by atoms with Gasteiger partial charge < -0.3 is 16.6 Å². The average Bonchev–Trinajstić information content (AvgIpc) is 3.17. The number of hydrogen-bond acceptors (Lipinski definition) is 6. The molecule has 28 heavy (non-hydrogen) atoms. The van der Waals surface area contributed by atoms with Crippen molar-refractivity contribution in [3.8, 4) is 0 Å². The molecule has 1 aromatic carbocycles. The Hall–Kier alpha value is -1.15. The molecule has 7 heteroatoms. The summed E-state index contributed by atoms with van der Waals surface area (Å²) in [5.74, 6) is 2.03. The lowest BCUT2D eigenvalue weighted by Gasteiger charge is -2.22. The highest BCUT2D eigenvalue weighted by Gasteiger charge is 2.29. The summed E-state index contributed by atoms with van der Waals surface area (Å²) >= 11 is 2.98. The summed E-state index contributed by atoms with van der Waals surface area (Å²) in [7, 11) is 0. The molecule has 1 aliphatic heterocycles. The zero-order chi connectivity index (χ0) is 20.9. The van der Waals surface area contributed by atoms with Crippen molar-refractivity contribution < 1.29 is 9.90 Å². The number of carbonyl (C=O) groups is 1. The molecule has 1 atom stereocenters. The van der Waals surface area contributed by atoms with Crippen molar-refractivity contribution in [1.29, 1.82) is 0 Å². The third-order valence-electron chi connectivity index (χ3n) is 5.54. The standard InChI is InChI=1S/C13H17N.C7H13NOS2.CH3NO/c1-8-12(9-5-6-9)7-10-3-2-4-11(10)13(8)14;1-7(2,9)5-3-6(11-8)10-4-5;2-1-3/h7,9H,2-6,14H2,1H3;3,5,9H,4,8H2,1-2H3;1H,(H2,2,3). The topological polar surface area (TPSA) is 115 Å². The van der Waals surface area contributed by atoms with E-state index in [0.717, 1.165) is 21.6 Å². The number of nitrogen functional groups attached to an aromatic ring is 1. The fourth-order valence-electron chi connectivity index (χ4n) is 3.64. The smallest absolute Gasteiger partial charge is 0.204 e. The number of carbonyl (C=O) groups excluding carboxylic acids is 1. The quantitative estimate of drug-likeness (QED) is 0.335. The van der Waals surface area contributed by atoms with Crippen molar-refractivity contribution in [3.05, 3.63) is 38.6 Å². The fraction of sp³-hybridized carbons (Fsp3) is 0.571. The third-order valence-corrected chi connectivity index (χ3v) is 7.49. The van der Waals surface area contributed by atoms with E-state index in [9.17, 15) is 5.11 Å². The van der Waals surface area contributed by atoms with E-state index < -0.39 is 5.60 Å². The molecule has 1 aromatic rings. The molecule has 7 N–H and O–H groups in total. The molecule has 0 aromatic heterocycles. The first-order chi connectivity index (χ1) is 13.2. The number of primary amides is 1. The minimum atomic E-state index is -0.607. The average molecular weight is 424 g/mol. The van der Waals surface area contributed by atoms with Crippen molar-refractivity contribution >= 4 is 35.8 Å². The van der Waals surface area contributed by atoms with Gasteiger partial charge in [0.1, 0.15) is 0 Å². The predicted molar refractivity (Wildman–Crippen MR) is 122 cm³/mol. The summed E-state index contributed by atoms with van der Waals surface area (Å²) in [6.45, 7) is 5.86. The molecule has 5 nitrogen and oxygen atoms in total. The maximum absolute atomic E-state index is 9.62. The van der Waals surface area contributed by atoms with E-state index in [1.807, 2.05) is 13.8 Å². The Labute approximate surface area is 177 Å². The van der Waals surface area contributed by atoms with E-state index in [1.54, 1.807) is 17.3 Å². The number of hydrogen-bond donors (Lipinski definition) is 4. The molecule has 0 radical (unpaired) electrons. The van der Waals surface area contributed by atoms with Crippen LogP contribution in [0.3, 0.4) is 0 Å². The number of anilines is 1. The van der Waals surface area contributed by atoms with E-state index in [1.165, 1.54) is 60.7 Å². The lowest BCUT2D eigenvalue weighted by Crippen LogP contribution is -2.29. The van der Waals surface area contributed by atoms with Crippen LogP contribution in [0.4, 0.5) is 5.69 Å². The van der Waals surface area contributed by atoms with E-state index in [2.05, 4.69) is 24.8 Å². The van der Waals surface area contributed by atoms with E-state index in [4.69, 9.17) is 15.7 Å². The maximum atomic E-state index is 9.62. The van der Waals surface area contributed by atoms with Gasteiger partial charge in [0, 0.05) is 17.4 Å². The minimum absolute atomic E-state index is 0.249. The first kappa shape index (κ1) is 23.1. The van der Waals surface area contributed by atoms with Crippen molar-refractivity contribution in [2.24, 2.45) is 16.8 Å². The van der Waals surface area contributed by atoms with Gasteiger partial charge in [-0.25, -0.2) is 0 Å². The number of thioether (sulfide) groups is 1. The van der Waals surface area contributed by atoms with Crippen LogP contribution in [-0.2, 0) is 17.6 Å². The van der Waals surface area contributed by atoms with Gasteiger partial charge in [0.2, 0.25) is 6.41 Å². The Bertz CT molecular complexity index is 725. The Morgan fingerprint density at radius 1 is 1.32 bits per heavy atom. The number of aryl methyl sites for hydroxylation is 1. The molecule has 4 rings (SSSR count). The van der Waals surface area contributed by atoms with Crippen LogP contribution in [-0.4, -0.2) is 22.9 Å². The highest BCUT2D eigenvalue weighted by molar-refractivity contribution is 8.21. The summed E-state index contributed by atoms with van der Waals surface area (Å²) in [5.41, 5.74) is 16.8. The molecule has 156 valence electrons. The van der Waals surface area contributed by atoms with E-state index in [-0.39, 0.29) is 12.3 Å². The number of amides is 1. The molecule has 1 unspecified atom stereocenters. The molecule has 0 saturated heterocycles. The molecular weight excluding hydrogens is 390 g/mol. The molecule has 3 aliphatic rings. The second-order valence-corrected chi connectivity index (χ2v) is 10.1. The van der Waals surface area contributed by atoms with Gasteiger partial charge in [-0.3, -0.25) is 9.93 Å². The van der Waals surface area contributed by atoms with Crippen molar-refractivity contribution in [1.82, 2.24) is 0 Å². The van der Waals surface area contributed by atoms with Crippen LogP contribution in [0, 0.1) is 12.8 Å². The van der Waals surface area contributed by atoms with Gasteiger partial charge in [-0.05, 0) is 93.0 Å². The van der Waals surface area contributed by atoms with Gasteiger partial charge in [0.15, 0.2) is 0 Å². The molecule has 1 saturated carbocycles. The number of nitrogens with two attached hydrogens (primary N) is 3. The normalized spacial score (nSPS) is 20.3. The summed E-state index contributed by atoms with van der Waals surface area (Å²) in [6.07, 6.45) is 8.80. The molecule has 1 heterocycles. The minimum Gasteiger partial charge on any atom is -0.398 e. The lowest BCUT2D eigenvalue weighted by molar-refractivity contribution is -0.106. The van der Waals surface area contributed by atoms with Gasteiger partial charge >= 0.3 is 0 Å². The molecule has 2 aliphatic carbocycles. The first-order valence-electron chi connectivity index (χ1n) is 9.72. The molecule has 1 amide bonds. The third kappa shape index (κ3) is 5.92. The Kier molecular flexibility index (Phi) is 8.30. The molecule has 0 bridgehead atoms. The summed E-state index contributed by atoms with van der Waals surface area (Å²) in [5, 5.41) is 15.0. The van der Waals surface area contributed by atoms with E-state index >= 15 is 0 Å². The van der Waals surface area contributed by atoms with Crippen LogP contribution >= 0.6 is 23.7 Å². The highest BCUT2D eigenvalue weighted by Crippen LogP contribution is 2.45. The number of fused-ring (bicyclic) bond motifs is 1. The van der Waals surface area contributed by atoms with Crippen LogP contribution in [0.15, 0.2) is 16.4 Å². The first-order valence-corrected chi connectivity index (χ1v) is 11.6. The molecule has 1 fully saturated rings. The second kappa shape index (κ2) is 10.1. The maximum Gasteiger partial charge on any atom is 0.204 e. The van der Waals surface area contributed by atoms with Gasteiger partial charge in [-0.1, -0.05) is 12.1 Å². The SMILES string of the molecule is CC(C)(O)C1C=C(SN)SC1.Cc1c(C2CC2)cc2c(c1N)CCC2.NC=O. The number of rotatable bonds is 3.